The van der Waals surface area contributed by atoms with E-state index in [1.807, 2.05) is 32.4 Å². The summed E-state index contributed by atoms with van der Waals surface area (Å²) in [7, 11) is 5.57. The third-order valence-electron chi connectivity index (χ3n) is 2.76. The molecule has 0 bridgehead atoms. The highest BCUT2D eigenvalue weighted by molar-refractivity contribution is 5.15. The van der Waals surface area contributed by atoms with Gasteiger partial charge in [-0.1, -0.05) is 0 Å². The largest absolute Gasteiger partial charge is 0.481 e. The van der Waals surface area contributed by atoms with E-state index in [0.717, 1.165) is 24.7 Å². The van der Waals surface area contributed by atoms with Gasteiger partial charge < -0.3 is 14.6 Å². The van der Waals surface area contributed by atoms with Crippen molar-refractivity contribution < 1.29 is 4.74 Å². The van der Waals surface area contributed by atoms with Crippen LogP contribution in [0, 0.1) is 0 Å². The topological polar surface area (TPSA) is 44.0 Å². The normalized spacial score (nSPS) is 10.8. The lowest BCUT2D eigenvalue weighted by Crippen LogP contribution is -2.15. The van der Waals surface area contributed by atoms with Crippen molar-refractivity contribution in [2.75, 3.05) is 7.11 Å². The lowest BCUT2D eigenvalue weighted by Gasteiger charge is -2.04. The molecule has 0 unspecified atom stereocenters. The van der Waals surface area contributed by atoms with Gasteiger partial charge in [-0.25, -0.2) is 4.68 Å². The van der Waals surface area contributed by atoms with Crippen molar-refractivity contribution in [3.8, 4) is 5.88 Å². The Kier molecular flexibility index (Phi) is 3.49. The summed E-state index contributed by atoms with van der Waals surface area (Å²) in [5.41, 5.74) is 2.24. The monoisotopic (exact) mass is 234 g/mol. The average Bonchev–Trinajstić information content (AvgIpc) is 2.86. The van der Waals surface area contributed by atoms with Gasteiger partial charge in [0, 0.05) is 45.1 Å². The van der Waals surface area contributed by atoms with Gasteiger partial charge in [-0.15, -0.1) is 0 Å². The van der Waals surface area contributed by atoms with Crippen LogP contribution in [0.4, 0.5) is 0 Å². The summed E-state index contributed by atoms with van der Waals surface area (Å²) >= 11 is 0. The first-order valence-corrected chi connectivity index (χ1v) is 5.58. The Bertz CT molecular complexity index is 486. The van der Waals surface area contributed by atoms with Crippen molar-refractivity contribution in [3.63, 3.8) is 0 Å². The molecule has 2 aromatic rings. The number of methoxy groups -OCH3 is 1. The van der Waals surface area contributed by atoms with E-state index >= 15 is 0 Å². The highest BCUT2D eigenvalue weighted by Gasteiger charge is 2.04. The molecule has 0 atom stereocenters. The van der Waals surface area contributed by atoms with Crippen LogP contribution >= 0.6 is 0 Å². The van der Waals surface area contributed by atoms with Crippen molar-refractivity contribution in [2.24, 2.45) is 14.1 Å². The summed E-state index contributed by atoms with van der Waals surface area (Å²) in [6, 6.07) is 6.09. The molecule has 1 N–H and O–H groups in total. The number of rotatable bonds is 5. The van der Waals surface area contributed by atoms with Gasteiger partial charge in [-0.05, 0) is 12.1 Å². The molecular weight excluding hydrogens is 216 g/mol. The first-order chi connectivity index (χ1) is 8.20. The second-order valence-electron chi connectivity index (χ2n) is 4.02. The second kappa shape index (κ2) is 5.05. The third kappa shape index (κ3) is 2.68. The van der Waals surface area contributed by atoms with Gasteiger partial charge in [-0.3, -0.25) is 0 Å². The standard InChI is InChI=1S/C12H18N4O/c1-15-6-4-5-11(15)9-13-8-10-7-12(17-3)16(2)14-10/h4-7,13H,8-9H2,1-3H3. The Labute approximate surface area is 101 Å². The van der Waals surface area contributed by atoms with Gasteiger partial charge in [0.25, 0.3) is 0 Å². The quantitative estimate of drug-likeness (QED) is 0.841. The van der Waals surface area contributed by atoms with Gasteiger partial charge in [0.1, 0.15) is 0 Å². The molecule has 0 radical (unpaired) electrons. The summed E-state index contributed by atoms with van der Waals surface area (Å²) in [6.07, 6.45) is 2.04. The SMILES string of the molecule is COc1cc(CNCc2cccn2C)nn1C. The Morgan fingerprint density at radius 2 is 2.18 bits per heavy atom. The van der Waals surface area contributed by atoms with Crippen molar-refractivity contribution >= 4 is 0 Å². The number of aromatic nitrogens is 3. The molecule has 0 saturated carbocycles. The number of nitrogens with zero attached hydrogens (tertiary/aromatic N) is 3. The van der Waals surface area contributed by atoms with Crippen molar-refractivity contribution in [3.05, 3.63) is 35.8 Å². The second-order valence-corrected chi connectivity index (χ2v) is 4.02. The molecule has 92 valence electrons. The third-order valence-corrected chi connectivity index (χ3v) is 2.76. The fraction of sp³-hybridized carbons (Fsp3) is 0.417. The summed E-state index contributed by atoms with van der Waals surface area (Å²) in [5, 5.41) is 7.70. The zero-order chi connectivity index (χ0) is 12.3. The number of nitrogens with one attached hydrogen (secondary N) is 1. The highest BCUT2D eigenvalue weighted by Crippen LogP contribution is 2.10. The number of hydrogen-bond acceptors (Lipinski definition) is 3. The van der Waals surface area contributed by atoms with Gasteiger partial charge in [-0.2, -0.15) is 5.10 Å². The molecule has 5 nitrogen and oxygen atoms in total. The number of ether oxygens (including phenoxy) is 1. The molecule has 0 aliphatic carbocycles. The van der Waals surface area contributed by atoms with Crippen molar-refractivity contribution in [1.82, 2.24) is 19.7 Å². The lowest BCUT2D eigenvalue weighted by molar-refractivity contribution is 0.373. The molecule has 2 heterocycles. The predicted molar refractivity (Wildman–Crippen MR) is 65.7 cm³/mol. The maximum Gasteiger partial charge on any atom is 0.211 e. The predicted octanol–water partition coefficient (Wildman–Crippen LogP) is 1.06. The van der Waals surface area contributed by atoms with Crippen molar-refractivity contribution in [2.45, 2.75) is 13.1 Å². The highest BCUT2D eigenvalue weighted by atomic mass is 16.5. The van der Waals surface area contributed by atoms with Crippen LogP contribution in [0.15, 0.2) is 24.4 Å². The number of hydrogen-bond donors (Lipinski definition) is 1. The molecule has 2 aromatic heterocycles. The lowest BCUT2D eigenvalue weighted by atomic mass is 10.4. The molecule has 0 fully saturated rings. The van der Waals surface area contributed by atoms with Gasteiger partial charge in [0.2, 0.25) is 5.88 Å². The maximum absolute atomic E-state index is 5.17. The molecule has 0 aromatic carbocycles. The average molecular weight is 234 g/mol. The molecule has 0 aliphatic rings. The van der Waals surface area contributed by atoms with Gasteiger partial charge >= 0.3 is 0 Å². The first kappa shape index (κ1) is 11.7. The van der Waals surface area contributed by atoms with Crippen LogP contribution in [0.25, 0.3) is 0 Å². The minimum absolute atomic E-state index is 0.738. The van der Waals surface area contributed by atoms with Crippen LogP contribution in [-0.2, 0) is 27.2 Å². The fourth-order valence-corrected chi connectivity index (χ4v) is 1.78. The van der Waals surface area contributed by atoms with E-state index in [4.69, 9.17) is 4.74 Å². The first-order valence-electron chi connectivity index (χ1n) is 5.58. The Morgan fingerprint density at radius 1 is 1.35 bits per heavy atom. The molecule has 5 heteroatoms. The van der Waals surface area contributed by atoms with Crippen molar-refractivity contribution in [1.29, 1.82) is 0 Å². The Morgan fingerprint density at radius 3 is 2.76 bits per heavy atom. The smallest absolute Gasteiger partial charge is 0.211 e. The molecular formula is C12H18N4O. The van der Waals surface area contributed by atoms with Crippen LogP contribution in [0.3, 0.4) is 0 Å². The summed E-state index contributed by atoms with van der Waals surface area (Å²) < 4.78 is 9.00. The zero-order valence-electron chi connectivity index (χ0n) is 10.5. The van der Waals surface area contributed by atoms with Crippen LogP contribution in [0.2, 0.25) is 0 Å². The summed E-state index contributed by atoms with van der Waals surface area (Å²) in [5.74, 6) is 0.778. The van der Waals surface area contributed by atoms with Crippen LogP contribution in [-0.4, -0.2) is 21.5 Å². The maximum atomic E-state index is 5.17. The fourth-order valence-electron chi connectivity index (χ4n) is 1.78. The van der Waals surface area contributed by atoms with E-state index in [2.05, 4.69) is 21.0 Å². The number of aryl methyl sites for hydroxylation is 2. The van der Waals surface area contributed by atoms with Crippen LogP contribution in [0.5, 0.6) is 5.88 Å². The van der Waals surface area contributed by atoms with Gasteiger partial charge in [0.15, 0.2) is 0 Å². The van der Waals surface area contributed by atoms with E-state index in [0.29, 0.717) is 0 Å². The van der Waals surface area contributed by atoms with Crippen LogP contribution < -0.4 is 10.1 Å². The van der Waals surface area contributed by atoms with E-state index < -0.39 is 0 Å². The Hall–Kier alpha value is -1.75. The molecule has 0 amide bonds. The van der Waals surface area contributed by atoms with E-state index in [1.54, 1.807) is 11.8 Å². The Balaban J connectivity index is 1.88. The minimum atomic E-state index is 0.738. The summed E-state index contributed by atoms with van der Waals surface area (Å²) in [6.45, 7) is 1.57. The molecule has 17 heavy (non-hydrogen) atoms. The van der Waals surface area contributed by atoms with E-state index in [1.165, 1.54) is 5.69 Å². The molecule has 2 rings (SSSR count). The molecule has 0 aliphatic heterocycles. The van der Waals surface area contributed by atoms with Crippen LogP contribution in [0.1, 0.15) is 11.4 Å². The molecule has 0 saturated heterocycles. The van der Waals surface area contributed by atoms with E-state index in [9.17, 15) is 0 Å². The summed E-state index contributed by atoms with van der Waals surface area (Å²) in [4.78, 5) is 0. The minimum Gasteiger partial charge on any atom is -0.481 e. The van der Waals surface area contributed by atoms with E-state index in [-0.39, 0.29) is 0 Å². The zero-order valence-corrected chi connectivity index (χ0v) is 10.5. The van der Waals surface area contributed by atoms with Gasteiger partial charge in [0.05, 0.1) is 12.8 Å². The molecule has 0 spiro atoms.